The fourth-order valence-electron chi connectivity index (χ4n) is 1.71. The monoisotopic (exact) mass is 284 g/mol. The molecule has 0 aromatic heterocycles. The Morgan fingerprint density at radius 2 is 2.44 bits per heavy atom. The van der Waals surface area contributed by atoms with E-state index in [1.807, 2.05) is 31.3 Å². The smallest absolute Gasteiger partial charge is 0.414 e. The van der Waals surface area contributed by atoms with Crippen LogP contribution in [-0.4, -0.2) is 32.3 Å². The molecule has 0 radical (unpaired) electrons. The van der Waals surface area contributed by atoms with Crippen LogP contribution in [0, 0.1) is 0 Å². The summed E-state index contributed by atoms with van der Waals surface area (Å²) in [6, 6.07) is 7.63. The highest BCUT2D eigenvalue weighted by Gasteiger charge is 2.31. The number of anilines is 1. The predicted molar refractivity (Wildman–Crippen MR) is 65.7 cm³/mol. The molecule has 1 N–H and O–H groups in total. The van der Waals surface area contributed by atoms with E-state index in [4.69, 9.17) is 4.74 Å². The van der Waals surface area contributed by atoms with Gasteiger partial charge in [-0.25, -0.2) is 4.79 Å². The van der Waals surface area contributed by atoms with Crippen molar-refractivity contribution in [1.29, 1.82) is 0 Å². The highest BCUT2D eigenvalue weighted by molar-refractivity contribution is 9.10. The summed E-state index contributed by atoms with van der Waals surface area (Å²) in [6.45, 7) is 1.27. The van der Waals surface area contributed by atoms with Crippen molar-refractivity contribution in [3.05, 3.63) is 28.7 Å². The molecule has 1 unspecified atom stereocenters. The number of halogens is 1. The summed E-state index contributed by atoms with van der Waals surface area (Å²) in [5, 5.41) is 3.00. The van der Waals surface area contributed by atoms with Crippen LogP contribution in [0.15, 0.2) is 28.7 Å². The lowest BCUT2D eigenvalue weighted by Gasteiger charge is -2.12. The molecule has 1 heterocycles. The predicted octanol–water partition coefficient (Wildman–Crippen LogP) is 1.99. The molecule has 1 atom stereocenters. The van der Waals surface area contributed by atoms with E-state index in [1.54, 1.807) is 4.90 Å². The van der Waals surface area contributed by atoms with Crippen molar-refractivity contribution in [1.82, 2.24) is 5.32 Å². The van der Waals surface area contributed by atoms with Crippen molar-refractivity contribution in [2.45, 2.75) is 6.10 Å². The fourth-order valence-corrected chi connectivity index (χ4v) is 2.10. The second-order valence-electron chi connectivity index (χ2n) is 3.65. The van der Waals surface area contributed by atoms with Crippen LogP contribution in [0.5, 0.6) is 0 Å². The maximum atomic E-state index is 11.6. The van der Waals surface area contributed by atoms with Crippen LogP contribution in [0.4, 0.5) is 10.5 Å². The van der Waals surface area contributed by atoms with Crippen LogP contribution < -0.4 is 10.2 Å². The maximum absolute atomic E-state index is 11.6. The molecule has 4 nitrogen and oxygen atoms in total. The Bertz CT molecular complexity index is 397. The van der Waals surface area contributed by atoms with Gasteiger partial charge in [0.05, 0.1) is 6.54 Å². The minimum atomic E-state index is -0.279. The normalized spacial score (nSPS) is 20.0. The summed E-state index contributed by atoms with van der Waals surface area (Å²) in [6.07, 6.45) is -0.352. The first-order valence-corrected chi connectivity index (χ1v) is 5.88. The summed E-state index contributed by atoms with van der Waals surface area (Å²) in [7, 11) is 1.84. The van der Waals surface area contributed by atoms with Gasteiger partial charge in [-0.05, 0) is 25.2 Å². The molecule has 86 valence electrons. The molecular formula is C11H13BrN2O2. The van der Waals surface area contributed by atoms with Crippen molar-refractivity contribution < 1.29 is 9.53 Å². The number of hydrogen-bond acceptors (Lipinski definition) is 3. The zero-order chi connectivity index (χ0) is 11.5. The highest BCUT2D eigenvalue weighted by Crippen LogP contribution is 2.24. The number of rotatable bonds is 3. The maximum Gasteiger partial charge on any atom is 0.414 e. The zero-order valence-corrected chi connectivity index (χ0v) is 10.5. The molecule has 2 rings (SSSR count). The summed E-state index contributed by atoms with van der Waals surface area (Å²) in [4.78, 5) is 13.3. The van der Waals surface area contributed by atoms with Crippen LogP contribution in [0.25, 0.3) is 0 Å². The number of cyclic esters (lactones) is 1. The van der Waals surface area contributed by atoms with Gasteiger partial charge in [0.25, 0.3) is 0 Å². The average Bonchev–Trinajstić information content (AvgIpc) is 2.60. The lowest BCUT2D eigenvalue weighted by atomic mass is 10.3. The number of nitrogens with zero attached hydrogens (tertiary/aromatic N) is 1. The van der Waals surface area contributed by atoms with Crippen LogP contribution >= 0.6 is 15.9 Å². The number of ether oxygens (including phenoxy) is 1. The van der Waals surface area contributed by atoms with E-state index < -0.39 is 0 Å². The molecule has 1 aliphatic heterocycles. The van der Waals surface area contributed by atoms with Crippen molar-refractivity contribution in [2.24, 2.45) is 0 Å². The lowest BCUT2D eigenvalue weighted by molar-refractivity contribution is 0.141. The molecule has 16 heavy (non-hydrogen) atoms. The van der Waals surface area contributed by atoms with E-state index in [1.165, 1.54) is 0 Å². The van der Waals surface area contributed by atoms with Gasteiger partial charge in [-0.2, -0.15) is 0 Å². The second-order valence-corrected chi connectivity index (χ2v) is 4.57. The van der Waals surface area contributed by atoms with E-state index in [-0.39, 0.29) is 12.2 Å². The quantitative estimate of drug-likeness (QED) is 0.923. The molecule has 1 aromatic rings. The van der Waals surface area contributed by atoms with Crippen LogP contribution in [0.2, 0.25) is 0 Å². The number of likely N-dealkylation sites (N-methyl/N-ethyl adjacent to an activating group) is 1. The van der Waals surface area contributed by atoms with Gasteiger partial charge in [0.2, 0.25) is 0 Å². The van der Waals surface area contributed by atoms with Gasteiger partial charge in [0, 0.05) is 16.7 Å². The number of carbonyl (C=O) groups is 1. The van der Waals surface area contributed by atoms with Crippen molar-refractivity contribution in [3.63, 3.8) is 0 Å². The largest absolute Gasteiger partial charge is 0.443 e. The van der Waals surface area contributed by atoms with Gasteiger partial charge >= 0.3 is 6.09 Å². The molecule has 0 spiro atoms. The van der Waals surface area contributed by atoms with Gasteiger partial charge in [0.1, 0.15) is 6.10 Å². The van der Waals surface area contributed by atoms with E-state index >= 15 is 0 Å². The zero-order valence-electron chi connectivity index (χ0n) is 8.94. The van der Waals surface area contributed by atoms with Gasteiger partial charge < -0.3 is 10.1 Å². The van der Waals surface area contributed by atoms with Gasteiger partial charge in [-0.15, -0.1) is 0 Å². The van der Waals surface area contributed by atoms with Gasteiger partial charge in [-0.1, -0.05) is 22.0 Å². The molecule has 0 saturated carbocycles. The Kier molecular flexibility index (Phi) is 3.46. The van der Waals surface area contributed by atoms with E-state index in [9.17, 15) is 4.79 Å². The Balaban J connectivity index is 2.13. The van der Waals surface area contributed by atoms with Crippen LogP contribution in [0.3, 0.4) is 0 Å². The molecule has 0 bridgehead atoms. The number of benzene rings is 1. The standard InChI is InChI=1S/C11H13BrN2O2/c1-13-6-10-7-14(11(15)16-10)9-4-2-3-8(12)5-9/h2-5,10,13H,6-7H2,1H3. The van der Waals surface area contributed by atoms with Crippen molar-refractivity contribution in [3.8, 4) is 0 Å². The Labute approximate surface area is 103 Å². The Hall–Kier alpha value is -1.07. The van der Waals surface area contributed by atoms with E-state index in [0.717, 1.165) is 10.2 Å². The molecule has 1 fully saturated rings. The van der Waals surface area contributed by atoms with E-state index in [0.29, 0.717) is 13.1 Å². The minimum absolute atomic E-state index is 0.0727. The first-order chi connectivity index (χ1) is 7.70. The third kappa shape index (κ3) is 2.36. The number of amides is 1. The summed E-state index contributed by atoms with van der Waals surface area (Å²) in [5.41, 5.74) is 0.859. The molecule has 0 aliphatic carbocycles. The van der Waals surface area contributed by atoms with E-state index in [2.05, 4.69) is 21.2 Å². The lowest BCUT2D eigenvalue weighted by Crippen LogP contribution is -2.28. The van der Waals surface area contributed by atoms with Crippen molar-refractivity contribution in [2.75, 3.05) is 25.0 Å². The first kappa shape index (κ1) is 11.4. The first-order valence-electron chi connectivity index (χ1n) is 5.09. The van der Waals surface area contributed by atoms with Gasteiger partial charge in [-0.3, -0.25) is 4.90 Å². The van der Waals surface area contributed by atoms with Gasteiger partial charge in [0.15, 0.2) is 0 Å². The average molecular weight is 285 g/mol. The SMILES string of the molecule is CNCC1CN(c2cccc(Br)c2)C(=O)O1. The molecule has 1 aliphatic rings. The number of nitrogens with one attached hydrogen (secondary N) is 1. The topological polar surface area (TPSA) is 41.6 Å². The summed E-state index contributed by atoms with van der Waals surface area (Å²) in [5.74, 6) is 0. The summed E-state index contributed by atoms with van der Waals surface area (Å²) < 4.78 is 6.17. The molecule has 1 saturated heterocycles. The second kappa shape index (κ2) is 4.84. The third-order valence-corrected chi connectivity index (χ3v) is 2.92. The molecule has 1 amide bonds. The Morgan fingerprint density at radius 1 is 1.62 bits per heavy atom. The molecule has 1 aromatic carbocycles. The number of carbonyl (C=O) groups excluding carboxylic acids is 1. The molecule has 5 heteroatoms. The third-order valence-electron chi connectivity index (χ3n) is 2.43. The Morgan fingerprint density at radius 3 is 3.12 bits per heavy atom. The van der Waals surface area contributed by atoms with Crippen molar-refractivity contribution >= 4 is 27.7 Å². The fraction of sp³-hybridized carbons (Fsp3) is 0.364. The highest BCUT2D eigenvalue weighted by atomic mass is 79.9. The minimum Gasteiger partial charge on any atom is -0.443 e. The summed E-state index contributed by atoms with van der Waals surface area (Å²) >= 11 is 3.38. The van der Waals surface area contributed by atoms with Crippen LogP contribution in [0.1, 0.15) is 0 Å². The number of hydrogen-bond donors (Lipinski definition) is 1. The van der Waals surface area contributed by atoms with Crippen LogP contribution in [-0.2, 0) is 4.74 Å². The molecular weight excluding hydrogens is 272 g/mol.